The first-order valence-corrected chi connectivity index (χ1v) is 13.7. The molecule has 3 unspecified atom stereocenters. The van der Waals surface area contributed by atoms with Crippen molar-refractivity contribution in [3.05, 3.63) is 35.9 Å². The van der Waals surface area contributed by atoms with Crippen LogP contribution in [0.4, 0.5) is 4.39 Å². The predicted octanol–water partition coefficient (Wildman–Crippen LogP) is 0.286. The number of unbranched alkanes of at least 4 members (excludes halogenated alkanes) is 1. The van der Waals surface area contributed by atoms with Crippen LogP contribution >= 0.6 is 0 Å². The van der Waals surface area contributed by atoms with E-state index in [1.807, 2.05) is 30.3 Å². The summed E-state index contributed by atoms with van der Waals surface area (Å²) in [5.74, 6) is -2.16. The Labute approximate surface area is 235 Å². The molecule has 0 spiro atoms. The summed E-state index contributed by atoms with van der Waals surface area (Å²) >= 11 is 0. The van der Waals surface area contributed by atoms with Crippen LogP contribution in [0.2, 0.25) is 0 Å². The molecule has 1 aliphatic rings. The van der Waals surface area contributed by atoms with Crippen molar-refractivity contribution in [3.63, 3.8) is 0 Å². The van der Waals surface area contributed by atoms with Gasteiger partial charge in [-0.05, 0) is 64.5 Å². The van der Waals surface area contributed by atoms with Gasteiger partial charge in [-0.15, -0.1) is 0 Å². The molecule has 0 radical (unpaired) electrons. The second-order valence-corrected chi connectivity index (χ2v) is 11.1. The van der Waals surface area contributed by atoms with Crippen LogP contribution < -0.4 is 27.8 Å². The number of halogens is 1. The minimum Gasteiger partial charge on any atom is -0.468 e. The fraction of sp³-hybridized carbons (Fsp3) is 0.643. The number of hydrogen-bond donors (Lipinski definition) is 5. The van der Waals surface area contributed by atoms with Crippen LogP contribution in [-0.4, -0.2) is 84.7 Å². The van der Waals surface area contributed by atoms with E-state index in [0.717, 1.165) is 5.56 Å². The lowest BCUT2D eigenvalue weighted by atomic mass is 9.88. The number of amides is 3. The zero-order chi connectivity index (χ0) is 29.9. The number of rotatable bonds is 14. The predicted molar refractivity (Wildman–Crippen MR) is 149 cm³/mol. The molecule has 1 fully saturated rings. The Balaban J connectivity index is 2.13. The number of esters is 1. The zero-order valence-corrected chi connectivity index (χ0v) is 23.8. The maximum absolute atomic E-state index is 14.7. The molecule has 1 aromatic carbocycles. The molecule has 12 heteroatoms. The Morgan fingerprint density at radius 1 is 1.05 bits per heavy atom. The lowest BCUT2D eigenvalue weighted by Gasteiger charge is -2.38. The molecule has 2 rings (SSSR count). The van der Waals surface area contributed by atoms with Crippen molar-refractivity contribution >= 4 is 23.7 Å². The summed E-state index contributed by atoms with van der Waals surface area (Å²) in [6.45, 7) is 3.45. The maximum Gasteiger partial charge on any atom is 0.325 e. The Kier molecular flexibility index (Phi) is 12.5. The molecule has 0 aliphatic carbocycles. The van der Waals surface area contributed by atoms with Gasteiger partial charge in [-0.25, -0.2) is 4.39 Å². The van der Waals surface area contributed by atoms with Crippen molar-refractivity contribution in [1.29, 1.82) is 0 Å². The van der Waals surface area contributed by atoms with Gasteiger partial charge in [0.25, 0.3) is 0 Å². The molecule has 1 aliphatic heterocycles. The van der Waals surface area contributed by atoms with Crippen molar-refractivity contribution in [1.82, 2.24) is 15.5 Å². The van der Waals surface area contributed by atoms with Crippen LogP contribution in [0.15, 0.2) is 30.3 Å². The summed E-state index contributed by atoms with van der Waals surface area (Å²) in [6.07, 6.45) is 1.86. The molecule has 3 atom stereocenters. The monoisotopic (exact) mass is 564 g/mol. The second kappa shape index (κ2) is 15.1. The highest BCUT2D eigenvalue weighted by atomic mass is 19.1. The van der Waals surface area contributed by atoms with E-state index in [-0.39, 0.29) is 44.7 Å². The van der Waals surface area contributed by atoms with Crippen LogP contribution in [0.1, 0.15) is 57.9 Å². The van der Waals surface area contributed by atoms with E-state index >= 15 is 0 Å². The number of hydrogen-bond acceptors (Lipinski definition) is 8. The van der Waals surface area contributed by atoms with Crippen molar-refractivity contribution in [2.75, 3.05) is 26.7 Å². The number of nitrogens with two attached hydrogens (primary N) is 3. The van der Waals surface area contributed by atoms with Gasteiger partial charge in [-0.2, -0.15) is 0 Å². The standard InChI is InChI=1S/C28H45FN6O5/c1-27(2,29)18-22(34-23(36)20(31)17-19-9-5-4-6-10-19)24(37)33-21(11-7-8-14-30)25(38)35-15-12-28(32,13-16-35)26(39)40-3/h4-6,9-10,20-22H,7-8,11-18,30-32H2,1-3H3,(H,33,37)(H,34,36). The lowest BCUT2D eigenvalue weighted by molar-refractivity contribution is -0.151. The molecule has 224 valence electrons. The van der Waals surface area contributed by atoms with Crippen LogP contribution in [-0.2, 0) is 30.3 Å². The van der Waals surface area contributed by atoms with E-state index in [1.165, 1.54) is 21.0 Å². The fourth-order valence-electron chi connectivity index (χ4n) is 4.71. The number of carbonyl (C=O) groups excluding carboxylic acids is 4. The highest BCUT2D eigenvalue weighted by Gasteiger charge is 2.41. The van der Waals surface area contributed by atoms with E-state index in [0.29, 0.717) is 25.8 Å². The van der Waals surface area contributed by atoms with Gasteiger partial charge in [0, 0.05) is 19.5 Å². The SMILES string of the molecule is COC(=O)C1(N)CCN(C(=O)C(CCCCN)NC(=O)C(CC(C)(C)F)NC(=O)C(N)Cc2ccccc2)CC1. The number of benzene rings is 1. The maximum atomic E-state index is 14.7. The summed E-state index contributed by atoms with van der Waals surface area (Å²) in [6, 6.07) is 6.03. The van der Waals surface area contributed by atoms with E-state index in [4.69, 9.17) is 21.9 Å². The quantitative estimate of drug-likeness (QED) is 0.158. The number of nitrogens with zero attached hydrogens (tertiary/aromatic N) is 1. The summed E-state index contributed by atoms with van der Waals surface area (Å²) in [7, 11) is 1.26. The molecule has 0 bridgehead atoms. The number of alkyl halides is 1. The third-order valence-corrected chi connectivity index (χ3v) is 7.08. The third kappa shape index (κ3) is 10.1. The van der Waals surface area contributed by atoms with Gasteiger partial charge in [0.15, 0.2) is 0 Å². The number of piperidine rings is 1. The largest absolute Gasteiger partial charge is 0.468 e. The topological polar surface area (TPSA) is 183 Å². The normalized spacial score (nSPS) is 17.3. The highest BCUT2D eigenvalue weighted by Crippen LogP contribution is 2.23. The van der Waals surface area contributed by atoms with Crippen LogP contribution in [0, 0.1) is 0 Å². The molecule has 1 heterocycles. The smallest absolute Gasteiger partial charge is 0.325 e. The fourth-order valence-corrected chi connectivity index (χ4v) is 4.71. The molecule has 3 amide bonds. The molecular weight excluding hydrogens is 519 g/mol. The van der Waals surface area contributed by atoms with Gasteiger partial charge < -0.3 is 37.5 Å². The van der Waals surface area contributed by atoms with Crippen LogP contribution in [0.25, 0.3) is 0 Å². The van der Waals surface area contributed by atoms with Crippen LogP contribution in [0.3, 0.4) is 0 Å². The number of carbonyl (C=O) groups is 4. The summed E-state index contributed by atoms with van der Waals surface area (Å²) in [5.41, 5.74) is 15.8. The Hall–Kier alpha value is -3.09. The first-order chi connectivity index (χ1) is 18.8. The molecule has 40 heavy (non-hydrogen) atoms. The van der Waals surface area contributed by atoms with Crippen LogP contribution in [0.5, 0.6) is 0 Å². The van der Waals surface area contributed by atoms with Crippen molar-refractivity contribution in [3.8, 4) is 0 Å². The minimum absolute atomic E-state index is 0.208. The van der Waals surface area contributed by atoms with Gasteiger partial charge in [0.2, 0.25) is 17.7 Å². The number of nitrogens with one attached hydrogen (secondary N) is 2. The molecule has 0 aromatic heterocycles. The molecular formula is C28H45FN6O5. The third-order valence-electron chi connectivity index (χ3n) is 7.08. The second-order valence-electron chi connectivity index (χ2n) is 11.1. The minimum atomic E-state index is -1.79. The lowest BCUT2D eigenvalue weighted by Crippen LogP contribution is -2.60. The van der Waals surface area contributed by atoms with Crippen molar-refractivity contribution in [2.24, 2.45) is 17.2 Å². The van der Waals surface area contributed by atoms with Gasteiger partial charge in [0.1, 0.15) is 23.3 Å². The first kappa shape index (κ1) is 33.1. The summed E-state index contributed by atoms with van der Waals surface area (Å²) < 4.78 is 19.5. The van der Waals surface area contributed by atoms with Crippen molar-refractivity contribution < 1.29 is 28.3 Å². The molecule has 0 saturated carbocycles. The highest BCUT2D eigenvalue weighted by molar-refractivity contribution is 5.93. The zero-order valence-electron chi connectivity index (χ0n) is 23.8. The van der Waals surface area contributed by atoms with E-state index in [1.54, 1.807) is 4.90 Å². The Bertz CT molecular complexity index is 995. The summed E-state index contributed by atoms with van der Waals surface area (Å²) in [4.78, 5) is 53.3. The number of likely N-dealkylation sites (tertiary alicyclic amines) is 1. The number of methoxy groups -OCH3 is 1. The number of ether oxygens (including phenoxy) is 1. The van der Waals surface area contributed by atoms with E-state index in [2.05, 4.69) is 10.6 Å². The van der Waals surface area contributed by atoms with E-state index in [9.17, 15) is 23.6 Å². The van der Waals surface area contributed by atoms with Gasteiger partial charge >= 0.3 is 5.97 Å². The Morgan fingerprint density at radius 2 is 1.65 bits per heavy atom. The molecule has 1 saturated heterocycles. The average molecular weight is 565 g/mol. The van der Waals surface area contributed by atoms with Gasteiger partial charge in [-0.1, -0.05) is 30.3 Å². The van der Waals surface area contributed by atoms with Gasteiger partial charge in [-0.3, -0.25) is 19.2 Å². The first-order valence-electron chi connectivity index (χ1n) is 13.7. The molecule has 11 nitrogen and oxygen atoms in total. The van der Waals surface area contributed by atoms with Gasteiger partial charge in [0.05, 0.1) is 13.2 Å². The average Bonchev–Trinajstić information content (AvgIpc) is 2.91. The summed E-state index contributed by atoms with van der Waals surface area (Å²) in [5, 5.41) is 5.31. The molecule has 8 N–H and O–H groups in total. The van der Waals surface area contributed by atoms with E-state index < -0.39 is 47.1 Å². The van der Waals surface area contributed by atoms with Crippen molar-refractivity contribution in [2.45, 2.75) is 88.1 Å². The molecule has 1 aromatic rings. The Morgan fingerprint density at radius 3 is 2.20 bits per heavy atom.